The van der Waals surface area contributed by atoms with Gasteiger partial charge in [0.15, 0.2) is 0 Å². The van der Waals surface area contributed by atoms with Gasteiger partial charge in [-0.25, -0.2) is 0 Å². The van der Waals surface area contributed by atoms with Gasteiger partial charge in [0.1, 0.15) is 0 Å². The van der Waals surface area contributed by atoms with Crippen LogP contribution >= 0.6 is 0 Å². The van der Waals surface area contributed by atoms with Crippen molar-refractivity contribution in [3.8, 4) is 0 Å². The highest BCUT2D eigenvalue weighted by atomic mass is 14.7. The van der Waals surface area contributed by atoms with Gasteiger partial charge >= 0.3 is 0 Å². The molecule has 130 valence electrons. The van der Waals surface area contributed by atoms with Crippen LogP contribution in [0.3, 0.4) is 0 Å². The van der Waals surface area contributed by atoms with E-state index in [4.69, 9.17) is 4.98 Å². The molecule has 0 aliphatic carbocycles. The Labute approximate surface area is 154 Å². The van der Waals surface area contributed by atoms with Gasteiger partial charge in [0.05, 0.1) is 0 Å². The minimum atomic E-state index is 0.424. The standard InChI is InChI=1S/C24H24N2/c1-16(2)18-4-6-20-13-24(26-15-23(20)11-18)10-17(3)19-5-7-22-14-25-9-8-21(22)12-19/h4-9,11-17H,10H2,1-3H3. The lowest BCUT2D eigenvalue weighted by Crippen LogP contribution is -2.01. The van der Waals surface area contributed by atoms with Crippen molar-refractivity contribution in [1.82, 2.24) is 9.97 Å². The molecule has 2 aromatic carbocycles. The average Bonchev–Trinajstić information content (AvgIpc) is 2.67. The molecule has 0 fully saturated rings. The van der Waals surface area contributed by atoms with E-state index in [1.807, 2.05) is 18.6 Å². The van der Waals surface area contributed by atoms with Gasteiger partial charge in [-0.3, -0.25) is 9.97 Å². The average molecular weight is 340 g/mol. The van der Waals surface area contributed by atoms with Crippen molar-refractivity contribution in [2.45, 2.75) is 39.0 Å². The molecule has 4 rings (SSSR count). The van der Waals surface area contributed by atoms with Crippen LogP contribution in [0.2, 0.25) is 0 Å². The Morgan fingerprint density at radius 1 is 0.731 bits per heavy atom. The molecule has 0 aliphatic heterocycles. The van der Waals surface area contributed by atoms with E-state index < -0.39 is 0 Å². The second kappa shape index (κ2) is 6.87. The van der Waals surface area contributed by atoms with E-state index in [1.165, 1.54) is 32.7 Å². The Hall–Kier alpha value is -2.74. The third-order valence-electron chi connectivity index (χ3n) is 5.22. The van der Waals surface area contributed by atoms with Gasteiger partial charge in [-0.1, -0.05) is 51.1 Å². The first-order valence-electron chi connectivity index (χ1n) is 9.32. The summed E-state index contributed by atoms with van der Waals surface area (Å²) in [5.74, 6) is 0.967. The first-order valence-corrected chi connectivity index (χ1v) is 9.32. The smallest absolute Gasteiger partial charge is 0.0416 e. The number of nitrogens with zero attached hydrogens (tertiary/aromatic N) is 2. The van der Waals surface area contributed by atoms with Gasteiger partial charge in [0.2, 0.25) is 0 Å². The van der Waals surface area contributed by atoms with E-state index in [1.54, 1.807) is 0 Å². The van der Waals surface area contributed by atoms with Crippen molar-refractivity contribution in [2.24, 2.45) is 0 Å². The summed E-state index contributed by atoms with van der Waals surface area (Å²) in [5, 5.41) is 4.94. The fraction of sp³-hybridized carbons (Fsp3) is 0.250. The molecule has 0 saturated carbocycles. The fourth-order valence-electron chi connectivity index (χ4n) is 3.52. The van der Waals surface area contributed by atoms with Crippen molar-refractivity contribution in [1.29, 1.82) is 0 Å². The third-order valence-corrected chi connectivity index (χ3v) is 5.22. The summed E-state index contributed by atoms with van der Waals surface area (Å²) in [7, 11) is 0. The normalized spacial score (nSPS) is 12.8. The number of hydrogen-bond acceptors (Lipinski definition) is 2. The molecule has 2 nitrogen and oxygen atoms in total. The monoisotopic (exact) mass is 340 g/mol. The van der Waals surface area contributed by atoms with Crippen molar-refractivity contribution >= 4 is 21.5 Å². The quantitative estimate of drug-likeness (QED) is 0.438. The van der Waals surface area contributed by atoms with Crippen LogP contribution in [-0.2, 0) is 6.42 Å². The molecule has 1 unspecified atom stereocenters. The summed E-state index contributed by atoms with van der Waals surface area (Å²) in [4.78, 5) is 8.92. The van der Waals surface area contributed by atoms with E-state index in [2.05, 4.69) is 74.3 Å². The number of benzene rings is 2. The van der Waals surface area contributed by atoms with Crippen LogP contribution in [0.15, 0.2) is 67.1 Å². The number of hydrogen-bond donors (Lipinski definition) is 0. The fourth-order valence-corrected chi connectivity index (χ4v) is 3.52. The van der Waals surface area contributed by atoms with Crippen molar-refractivity contribution < 1.29 is 0 Å². The first-order chi connectivity index (χ1) is 12.6. The zero-order chi connectivity index (χ0) is 18.1. The maximum absolute atomic E-state index is 4.73. The molecule has 0 spiro atoms. The summed E-state index contributed by atoms with van der Waals surface area (Å²) in [6.45, 7) is 6.73. The van der Waals surface area contributed by atoms with Crippen LogP contribution in [0.5, 0.6) is 0 Å². The maximum Gasteiger partial charge on any atom is 0.0416 e. The van der Waals surface area contributed by atoms with Crippen molar-refractivity contribution in [3.05, 3.63) is 83.9 Å². The molecule has 2 heterocycles. The Kier molecular flexibility index (Phi) is 4.42. The van der Waals surface area contributed by atoms with E-state index >= 15 is 0 Å². The van der Waals surface area contributed by atoms with E-state index in [9.17, 15) is 0 Å². The Morgan fingerprint density at radius 2 is 1.46 bits per heavy atom. The topological polar surface area (TPSA) is 25.8 Å². The minimum Gasteiger partial charge on any atom is -0.264 e. The van der Waals surface area contributed by atoms with Gasteiger partial charge in [-0.2, -0.15) is 0 Å². The predicted molar refractivity (Wildman–Crippen MR) is 110 cm³/mol. The van der Waals surface area contributed by atoms with Crippen LogP contribution in [0.1, 0.15) is 49.4 Å². The molecule has 26 heavy (non-hydrogen) atoms. The molecule has 0 bridgehead atoms. The number of aromatic nitrogens is 2. The molecule has 1 atom stereocenters. The summed E-state index contributed by atoms with van der Waals surface area (Å²) >= 11 is 0. The highest BCUT2D eigenvalue weighted by Crippen LogP contribution is 2.26. The van der Waals surface area contributed by atoms with Crippen LogP contribution < -0.4 is 0 Å². The second-order valence-corrected chi connectivity index (χ2v) is 7.52. The van der Waals surface area contributed by atoms with Crippen LogP contribution in [-0.4, -0.2) is 9.97 Å². The second-order valence-electron chi connectivity index (χ2n) is 7.52. The van der Waals surface area contributed by atoms with Gasteiger partial charge in [-0.15, -0.1) is 0 Å². The highest BCUT2D eigenvalue weighted by Gasteiger charge is 2.10. The summed E-state index contributed by atoms with van der Waals surface area (Å²) < 4.78 is 0. The lowest BCUT2D eigenvalue weighted by atomic mass is 9.93. The number of pyridine rings is 2. The Balaban J connectivity index is 1.59. The summed E-state index contributed by atoms with van der Waals surface area (Å²) in [6.07, 6.45) is 6.74. The summed E-state index contributed by atoms with van der Waals surface area (Å²) in [6, 6.07) is 17.7. The lowest BCUT2D eigenvalue weighted by Gasteiger charge is -2.13. The van der Waals surface area contributed by atoms with Crippen LogP contribution in [0.4, 0.5) is 0 Å². The maximum atomic E-state index is 4.73. The largest absolute Gasteiger partial charge is 0.264 e. The zero-order valence-electron chi connectivity index (χ0n) is 15.6. The molecule has 0 radical (unpaired) electrons. The molecule has 0 saturated heterocycles. The van der Waals surface area contributed by atoms with E-state index in [0.717, 1.165) is 12.1 Å². The molecular formula is C24H24N2. The molecule has 2 aromatic heterocycles. The van der Waals surface area contributed by atoms with Crippen LogP contribution in [0, 0.1) is 0 Å². The van der Waals surface area contributed by atoms with Gasteiger partial charge in [0, 0.05) is 35.1 Å². The third kappa shape index (κ3) is 3.32. The molecule has 0 N–H and O–H groups in total. The van der Waals surface area contributed by atoms with Crippen molar-refractivity contribution in [2.75, 3.05) is 0 Å². The van der Waals surface area contributed by atoms with Gasteiger partial charge in [0.25, 0.3) is 0 Å². The number of rotatable bonds is 4. The van der Waals surface area contributed by atoms with Crippen molar-refractivity contribution in [3.63, 3.8) is 0 Å². The first kappa shape index (κ1) is 16.7. The molecule has 0 amide bonds. The van der Waals surface area contributed by atoms with Gasteiger partial charge in [-0.05, 0) is 58.4 Å². The summed E-state index contributed by atoms with van der Waals surface area (Å²) in [5.41, 5.74) is 3.86. The number of fused-ring (bicyclic) bond motifs is 2. The Bertz CT molecular complexity index is 1070. The van der Waals surface area contributed by atoms with Crippen LogP contribution in [0.25, 0.3) is 21.5 Å². The SMILES string of the molecule is CC(C)c1ccc2cc(CC(C)c3ccc4cnccc4c3)ncc2c1. The molecule has 2 heteroatoms. The molecule has 0 aliphatic rings. The van der Waals surface area contributed by atoms with E-state index in [-0.39, 0.29) is 0 Å². The van der Waals surface area contributed by atoms with E-state index in [0.29, 0.717) is 11.8 Å². The van der Waals surface area contributed by atoms with Gasteiger partial charge < -0.3 is 0 Å². The Morgan fingerprint density at radius 3 is 2.31 bits per heavy atom. The molecular weight excluding hydrogens is 316 g/mol. The predicted octanol–water partition coefficient (Wildman–Crippen LogP) is 6.25. The molecule has 4 aromatic rings. The minimum absolute atomic E-state index is 0.424. The lowest BCUT2D eigenvalue weighted by molar-refractivity contribution is 0.743. The highest BCUT2D eigenvalue weighted by molar-refractivity contribution is 5.83. The zero-order valence-corrected chi connectivity index (χ0v) is 15.6.